The number of halogens is 1. The minimum atomic E-state index is -0.382. The third-order valence-corrected chi connectivity index (χ3v) is 4.46. The van der Waals surface area contributed by atoms with Crippen molar-refractivity contribution in [2.45, 2.75) is 19.4 Å². The minimum Gasteiger partial charge on any atom is -0.494 e. The van der Waals surface area contributed by atoms with Gasteiger partial charge in [0.1, 0.15) is 18.1 Å². The summed E-state index contributed by atoms with van der Waals surface area (Å²) in [5.74, 6) is 1.49. The van der Waals surface area contributed by atoms with Gasteiger partial charge in [-0.3, -0.25) is 4.79 Å². The molecule has 6 nitrogen and oxygen atoms in total. The zero-order valence-electron chi connectivity index (χ0n) is 13.8. The first-order chi connectivity index (χ1) is 11.2. The molecule has 0 radical (unpaired) electrons. The molecule has 0 spiro atoms. The van der Waals surface area contributed by atoms with E-state index in [1.165, 1.54) is 0 Å². The first-order valence-electron chi connectivity index (χ1n) is 8.22. The SMILES string of the molecule is CCOc1ccc2c(c1)CC(C(=O)NCC1CNCC1O)CO2.Cl. The fourth-order valence-electron chi connectivity index (χ4n) is 3.10. The molecule has 0 saturated carbocycles. The minimum absolute atomic E-state index is 0. The Labute approximate surface area is 148 Å². The number of carbonyl (C=O) groups is 1. The Bertz CT molecular complexity index is 570. The van der Waals surface area contributed by atoms with Crippen LogP contribution in [0, 0.1) is 11.8 Å². The Morgan fingerprint density at radius 2 is 2.29 bits per heavy atom. The van der Waals surface area contributed by atoms with E-state index in [0.717, 1.165) is 23.6 Å². The number of rotatable bonds is 5. The van der Waals surface area contributed by atoms with Crippen LogP contribution in [0.25, 0.3) is 0 Å². The highest BCUT2D eigenvalue weighted by Crippen LogP contribution is 2.30. The molecule has 134 valence electrons. The molecule has 3 unspecified atom stereocenters. The topological polar surface area (TPSA) is 79.8 Å². The summed E-state index contributed by atoms with van der Waals surface area (Å²) in [5.41, 5.74) is 1.00. The quantitative estimate of drug-likeness (QED) is 0.725. The number of hydrogen-bond donors (Lipinski definition) is 3. The maximum Gasteiger partial charge on any atom is 0.226 e. The zero-order valence-corrected chi connectivity index (χ0v) is 14.6. The number of aliphatic hydroxyl groups is 1. The fourth-order valence-corrected chi connectivity index (χ4v) is 3.10. The largest absolute Gasteiger partial charge is 0.494 e. The molecule has 1 aromatic carbocycles. The Morgan fingerprint density at radius 1 is 1.46 bits per heavy atom. The van der Waals surface area contributed by atoms with Crippen LogP contribution in [0.5, 0.6) is 11.5 Å². The molecule has 2 heterocycles. The van der Waals surface area contributed by atoms with Gasteiger partial charge in [-0.15, -0.1) is 12.4 Å². The van der Waals surface area contributed by atoms with Gasteiger partial charge in [0.2, 0.25) is 5.91 Å². The van der Waals surface area contributed by atoms with Crippen LogP contribution in [0.2, 0.25) is 0 Å². The van der Waals surface area contributed by atoms with Crippen molar-refractivity contribution in [2.75, 3.05) is 32.8 Å². The standard InChI is InChI=1S/C17H24N2O4.ClH/c1-2-22-14-3-4-16-11(6-14)5-12(10-23-16)17(21)19-8-13-7-18-9-15(13)20;/h3-4,6,12-13,15,18,20H,2,5,7-10H2,1H3,(H,19,21);1H. The normalized spacial score (nSPS) is 25.2. The van der Waals surface area contributed by atoms with E-state index >= 15 is 0 Å². The Hall–Kier alpha value is -1.50. The first kappa shape index (κ1) is 18.8. The van der Waals surface area contributed by atoms with E-state index in [9.17, 15) is 9.90 Å². The van der Waals surface area contributed by atoms with Crippen LogP contribution in [0.1, 0.15) is 12.5 Å². The van der Waals surface area contributed by atoms with Crippen LogP contribution in [-0.2, 0) is 11.2 Å². The highest BCUT2D eigenvalue weighted by Gasteiger charge is 2.29. The summed E-state index contributed by atoms with van der Waals surface area (Å²) in [7, 11) is 0. The molecule has 24 heavy (non-hydrogen) atoms. The van der Waals surface area contributed by atoms with Gasteiger partial charge in [-0.25, -0.2) is 0 Å². The van der Waals surface area contributed by atoms with E-state index in [1.807, 2.05) is 25.1 Å². The molecule has 0 bridgehead atoms. The van der Waals surface area contributed by atoms with Gasteiger partial charge in [-0.1, -0.05) is 0 Å². The van der Waals surface area contributed by atoms with Crippen molar-refractivity contribution in [3.63, 3.8) is 0 Å². The molecule has 1 fully saturated rings. The zero-order chi connectivity index (χ0) is 16.2. The summed E-state index contributed by atoms with van der Waals surface area (Å²) >= 11 is 0. The number of β-amino-alcohol motifs (C(OH)–C–C–N with tert-alkyl or cyclic N) is 1. The maximum absolute atomic E-state index is 12.4. The van der Waals surface area contributed by atoms with E-state index in [-0.39, 0.29) is 36.3 Å². The van der Waals surface area contributed by atoms with Gasteiger partial charge < -0.3 is 25.2 Å². The Kier molecular flexibility index (Phi) is 6.71. The van der Waals surface area contributed by atoms with Crippen LogP contribution in [-0.4, -0.2) is 50.0 Å². The number of nitrogens with one attached hydrogen (secondary N) is 2. The lowest BCUT2D eigenvalue weighted by molar-refractivity contribution is -0.126. The van der Waals surface area contributed by atoms with Crippen molar-refractivity contribution < 1.29 is 19.4 Å². The summed E-state index contributed by atoms with van der Waals surface area (Å²) in [6.07, 6.45) is 0.264. The Balaban J connectivity index is 0.00000208. The highest BCUT2D eigenvalue weighted by atomic mass is 35.5. The van der Waals surface area contributed by atoms with Crippen LogP contribution in [0.3, 0.4) is 0 Å². The lowest BCUT2D eigenvalue weighted by Gasteiger charge is -2.25. The summed E-state index contributed by atoms with van der Waals surface area (Å²) < 4.78 is 11.2. The van der Waals surface area contributed by atoms with Gasteiger partial charge in [0.25, 0.3) is 0 Å². The number of fused-ring (bicyclic) bond motifs is 1. The lowest BCUT2D eigenvalue weighted by atomic mass is 9.95. The highest BCUT2D eigenvalue weighted by molar-refractivity contribution is 5.85. The number of amides is 1. The molecule has 1 saturated heterocycles. The molecule has 1 amide bonds. The number of aliphatic hydroxyl groups excluding tert-OH is 1. The van der Waals surface area contributed by atoms with Gasteiger partial charge in [0, 0.05) is 25.6 Å². The monoisotopic (exact) mass is 356 g/mol. The maximum atomic E-state index is 12.4. The molecular formula is C17H25ClN2O4. The van der Waals surface area contributed by atoms with Crippen molar-refractivity contribution in [1.29, 1.82) is 0 Å². The molecule has 3 N–H and O–H groups in total. The van der Waals surface area contributed by atoms with Crippen molar-refractivity contribution >= 4 is 18.3 Å². The van der Waals surface area contributed by atoms with Crippen LogP contribution in [0.15, 0.2) is 18.2 Å². The van der Waals surface area contributed by atoms with Crippen molar-refractivity contribution in [1.82, 2.24) is 10.6 Å². The van der Waals surface area contributed by atoms with Crippen LogP contribution in [0.4, 0.5) is 0 Å². The summed E-state index contributed by atoms with van der Waals surface area (Å²) in [6, 6.07) is 5.73. The predicted molar refractivity (Wildman–Crippen MR) is 92.9 cm³/mol. The van der Waals surface area contributed by atoms with Gasteiger partial charge in [0.15, 0.2) is 0 Å². The molecule has 7 heteroatoms. The number of hydrogen-bond acceptors (Lipinski definition) is 5. The molecule has 3 atom stereocenters. The van der Waals surface area contributed by atoms with Crippen LogP contribution < -0.4 is 20.1 Å². The molecule has 0 aromatic heterocycles. The van der Waals surface area contributed by atoms with E-state index in [1.54, 1.807) is 0 Å². The van der Waals surface area contributed by atoms with E-state index in [2.05, 4.69) is 10.6 Å². The van der Waals surface area contributed by atoms with E-state index in [0.29, 0.717) is 32.7 Å². The van der Waals surface area contributed by atoms with Crippen LogP contribution >= 0.6 is 12.4 Å². The van der Waals surface area contributed by atoms with E-state index < -0.39 is 0 Å². The molecule has 2 aliphatic heterocycles. The molecule has 2 aliphatic rings. The van der Waals surface area contributed by atoms with Gasteiger partial charge in [-0.05, 0) is 37.1 Å². The van der Waals surface area contributed by atoms with Gasteiger partial charge in [-0.2, -0.15) is 0 Å². The second-order valence-electron chi connectivity index (χ2n) is 6.15. The smallest absolute Gasteiger partial charge is 0.226 e. The second-order valence-corrected chi connectivity index (χ2v) is 6.15. The first-order valence-corrected chi connectivity index (χ1v) is 8.22. The van der Waals surface area contributed by atoms with Crippen molar-refractivity contribution in [2.24, 2.45) is 11.8 Å². The number of ether oxygens (including phenoxy) is 2. The lowest BCUT2D eigenvalue weighted by Crippen LogP contribution is -2.41. The molecular weight excluding hydrogens is 332 g/mol. The Morgan fingerprint density at radius 3 is 3.00 bits per heavy atom. The molecule has 3 rings (SSSR count). The molecule has 1 aromatic rings. The van der Waals surface area contributed by atoms with Crippen molar-refractivity contribution in [3.8, 4) is 11.5 Å². The number of benzene rings is 1. The third-order valence-electron chi connectivity index (χ3n) is 4.46. The molecule has 0 aliphatic carbocycles. The van der Waals surface area contributed by atoms with Gasteiger partial charge >= 0.3 is 0 Å². The van der Waals surface area contributed by atoms with Gasteiger partial charge in [0.05, 0.1) is 18.6 Å². The summed E-state index contributed by atoms with van der Waals surface area (Å²) in [5, 5.41) is 15.8. The average molecular weight is 357 g/mol. The summed E-state index contributed by atoms with van der Waals surface area (Å²) in [4.78, 5) is 12.4. The predicted octanol–water partition coefficient (Wildman–Crippen LogP) is 0.755. The number of carbonyl (C=O) groups excluding carboxylic acids is 1. The summed E-state index contributed by atoms with van der Waals surface area (Å²) in [6.45, 7) is 4.78. The fraction of sp³-hybridized carbons (Fsp3) is 0.588. The van der Waals surface area contributed by atoms with E-state index in [4.69, 9.17) is 9.47 Å². The second kappa shape index (κ2) is 8.55. The average Bonchev–Trinajstić information content (AvgIpc) is 2.97. The third kappa shape index (κ3) is 4.32. The van der Waals surface area contributed by atoms with Crippen molar-refractivity contribution in [3.05, 3.63) is 23.8 Å².